The molecule has 0 atom stereocenters. The first-order valence-electron chi connectivity index (χ1n) is 10.3. The van der Waals surface area contributed by atoms with Crippen molar-refractivity contribution in [2.75, 3.05) is 17.2 Å². The SMILES string of the molecule is CC(C)CN1C(=O)c2ccc(NC(=O)Nc3ccc(Oc4ccccc4)cc3)cc2C1=O. The summed E-state index contributed by atoms with van der Waals surface area (Å²) in [7, 11) is 0. The molecule has 1 aliphatic rings. The lowest BCUT2D eigenvalue weighted by Crippen LogP contribution is -2.33. The van der Waals surface area contributed by atoms with Crippen molar-refractivity contribution in [1.82, 2.24) is 4.90 Å². The molecule has 3 aromatic rings. The minimum absolute atomic E-state index is 0.171. The van der Waals surface area contributed by atoms with Crippen LogP contribution < -0.4 is 15.4 Å². The Kier molecular flexibility index (Phi) is 5.89. The highest BCUT2D eigenvalue weighted by molar-refractivity contribution is 6.22. The summed E-state index contributed by atoms with van der Waals surface area (Å²) < 4.78 is 5.74. The minimum Gasteiger partial charge on any atom is -0.457 e. The molecule has 0 saturated heterocycles. The Balaban J connectivity index is 1.38. The predicted octanol–water partition coefficient (Wildman–Crippen LogP) is 5.37. The lowest BCUT2D eigenvalue weighted by Gasteiger charge is -2.15. The van der Waals surface area contributed by atoms with Gasteiger partial charge in [-0.2, -0.15) is 0 Å². The van der Waals surface area contributed by atoms with E-state index in [1.54, 1.807) is 36.4 Å². The number of imide groups is 1. The summed E-state index contributed by atoms with van der Waals surface area (Å²) in [4.78, 5) is 38.7. The molecule has 3 aromatic carbocycles. The summed E-state index contributed by atoms with van der Waals surface area (Å²) in [6.45, 7) is 4.25. The van der Waals surface area contributed by atoms with Crippen LogP contribution in [0.1, 0.15) is 34.6 Å². The summed E-state index contributed by atoms with van der Waals surface area (Å²) in [6.07, 6.45) is 0. The maximum atomic E-state index is 12.6. The Morgan fingerprint density at radius 1 is 0.812 bits per heavy atom. The van der Waals surface area contributed by atoms with E-state index in [1.165, 1.54) is 11.0 Å². The van der Waals surface area contributed by atoms with E-state index >= 15 is 0 Å². The molecule has 1 heterocycles. The van der Waals surface area contributed by atoms with Crippen LogP contribution in [0.3, 0.4) is 0 Å². The third-order valence-corrected chi connectivity index (χ3v) is 4.87. The fourth-order valence-electron chi connectivity index (χ4n) is 3.42. The average Bonchev–Trinajstić information content (AvgIpc) is 3.00. The van der Waals surface area contributed by atoms with Gasteiger partial charge in [-0.1, -0.05) is 32.0 Å². The lowest BCUT2D eigenvalue weighted by molar-refractivity contribution is 0.0636. The van der Waals surface area contributed by atoms with E-state index in [9.17, 15) is 14.4 Å². The van der Waals surface area contributed by atoms with Gasteiger partial charge in [0, 0.05) is 17.9 Å². The van der Waals surface area contributed by atoms with Gasteiger partial charge in [-0.05, 0) is 60.5 Å². The fourth-order valence-corrected chi connectivity index (χ4v) is 3.42. The normalized spacial score (nSPS) is 12.7. The molecule has 0 bridgehead atoms. The highest BCUT2D eigenvalue weighted by atomic mass is 16.5. The number of ether oxygens (including phenoxy) is 1. The zero-order chi connectivity index (χ0) is 22.7. The molecule has 0 unspecified atom stereocenters. The van der Waals surface area contributed by atoms with Crippen molar-refractivity contribution in [2.24, 2.45) is 5.92 Å². The number of para-hydroxylation sites is 1. The number of hydrogen-bond acceptors (Lipinski definition) is 4. The Morgan fingerprint density at radius 3 is 2.09 bits per heavy atom. The topological polar surface area (TPSA) is 87.7 Å². The van der Waals surface area contributed by atoms with Gasteiger partial charge >= 0.3 is 6.03 Å². The van der Waals surface area contributed by atoms with Crippen LogP contribution in [0.2, 0.25) is 0 Å². The molecule has 162 valence electrons. The number of anilines is 2. The second-order valence-corrected chi connectivity index (χ2v) is 7.89. The van der Waals surface area contributed by atoms with E-state index in [0.29, 0.717) is 34.8 Å². The van der Waals surface area contributed by atoms with E-state index in [1.807, 2.05) is 44.2 Å². The average molecular weight is 429 g/mol. The summed E-state index contributed by atoms with van der Waals surface area (Å²) in [5.41, 5.74) is 1.67. The van der Waals surface area contributed by atoms with Gasteiger partial charge < -0.3 is 15.4 Å². The van der Waals surface area contributed by atoms with Crippen molar-refractivity contribution < 1.29 is 19.1 Å². The van der Waals surface area contributed by atoms with Crippen LogP contribution in [0.4, 0.5) is 16.2 Å². The number of rotatable bonds is 6. The molecule has 7 nitrogen and oxygen atoms in total. The summed E-state index contributed by atoms with van der Waals surface area (Å²) in [5.74, 6) is 0.909. The number of urea groups is 1. The molecule has 0 saturated carbocycles. The molecule has 2 N–H and O–H groups in total. The van der Waals surface area contributed by atoms with Gasteiger partial charge in [0.15, 0.2) is 0 Å². The van der Waals surface area contributed by atoms with Crippen molar-refractivity contribution >= 4 is 29.2 Å². The van der Waals surface area contributed by atoms with E-state index in [4.69, 9.17) is 4.74 Å². The Morgan fingerprint density at radius 2 is 1.41 bits per heavy atom. The van der Waals surface area contributed by atoms with Crippen LogP contribution >= 0.6 is 0 Å². The van der Waals surface area contributed by atoms with Gasteiger partial charge in [-0.3, -0.25) is 14.5 Å². The molecular formula is C25H23N3O4. The number of nitrogens with one attached hydrogen (secondary N) is 2. The molecular weight excluding hydrogens is 406 g/mol. The number of benzene rings is 3. The van der Waals surface area contributed by atoms with Crippen molar-refractivity contribution in [3.05, 3.63) is 83.9 Å². The molecule has 0 spiro atoms. The summed E-state index contributed by atoms with van der Waals surface area (Å²) in [6, 6.07) is 20.6. The molecule has 4 amide bonds. The zero-order valence-corrected chi connectivity index (χ0v) is 17.8. The molecule has 1 aliphatic heterocycles. The molecule has 4 rings (SSSR count). The number of fused-ring (bicyclic) bond motifs is 1. The largest absolute Gasteiger partial charge is 0.457 e. The van der Waals surface area contributed by atoms with Gasteiger partial charge in [0.05, 0.1) is 11.1 Å². The molecule has 7 heteroatoms. The van der Waals surface area contributed by atoms with E-state index in [0.717, 1.165) is 5.75 Å². The maximum absolute atomic E-state index is 12.6. The van der Waals surface area contributed by atoms with Crippen LogP contribution in [0.25, 0.3) is 0 Å². The highest BCUT2D eigenvalue weighted by Gasteiger charge is 2.35. The predicted molar refractivity (Wildman–Crippen MR) is 122 cm³/mol. The Bertz CT molecular complexity index is 1160. The smallest absolute Gasteiger partial charge is 0.323 e. The van der Waals surface area contributed by atoms with Crippen molar-refractivity contribution in [1.29, 1.82) is 0 Å². The first-order valence-corrected chi connectivity index (χ1v) is 10.3. The van der Waals surface area contributed by atoms with Crippen LogP contribution in [0.15, 0.2) is 72.8 Å². The van der Waals surface area contributed by atoms with Gasteiger partial charge in [-0.15, -0.1) is 0 Å². The third kappa shape index (κ3) is 4.62. The van der Waals surface area contributed by atoms with Crippen LogP contribution in [0, 0.1) is 5.92 Å². The van der Waals surface area contributed by atoms with Gasteiger partial charge in [0.25, 0.3) is 11.8 Å². The number of hydrogen-bond donors (Lipinski definition) is 2. The second-order valence-electron chi connectivity index (χ2n) is 7.89. The maximum Gasteiger partial charge on any atom is 0.323 e. The first-order chi connectivity index (χ1) is 15.4. The lowest BCUT2D eigenvalue weighted by atomic mass is 10.1. The monoisotopic (exact) mass is 429 g/mol. The quantitative estimate of drug-likeness (QED) is 0.515. The Hall–Kier alpha value is -4.13. The molecule has 0 radical (unpaired) electrons. The summed E-state index contributed by atoms with van der Waals surface area (Å²) in [5, 5.41) is 5.44. The molecule has 32 heavy (non-hydrogen) atoms. The van der Waals surface area contributed by atoms with E-state index < -0.39 is 6.03 Å². The van der Waals surface area contributed by atoms with Crippen LogP contribution in [-0.4, -0.2) is 29.3 Å². The fraction of sp³-hybridized carbons (Fsp3) is 0.160. The third-order valence-electron chi connectivity index (χ3n) is 4.87. The van der Waals surface area contributed by atoms with Crippen molar-refractivity contribution in [3.63, 3.8) is 0 Å². The highest BCUT2D eigenvalue weighted by Crippen LogP contribution is 2.27. The standard InChI is InChI=1S/C25H23N3O4/c1-16(2)15-28-23(29)21-13-10-18(14-22(21)24(28)30)27-25(31)26-17-8-11-20(12-9-17)32-19-6-4-3-5-7-19/h3-14,16H,15H2,1-2H3,(H2,26,27,31). The van der Waals surface area contributed by atoms with Gasteiger partial charge in [0.1, 0.15) is 11.5 Å². The zero-order valence-electron chi connectivity index (χ0n) is 17.8. The van der Waals surface area contributed by atoms with E-state index in [-0.39, 0.29) is 17.7 Å². The molecule has 0 aliphatic carbocycles. The number of amides is 4. The van der Waals surface area contributed by atoms with Gasteiger partial charge in [0.2, 0.25) is 0 Å². The second kappa shape index (κ2) is 8.93. The Labute approximate surface area is 186 Å². The molecule has 0 fully saturated rings. The number of carbonyl (C=O) groups is 3. The van der Waals surface area contributed by atoms with Gasteiger partial charge in [-0.25, -0.2) is 4.79 Å². The van der Waals surface area contributed by atoms with Crippen molar-refractivity contribution in [2.45, 2.75) is 13.8 Å². The molecule has 0 aromatic heterocycles. The van der Waals surface area contributed by atoms with E-state index in [2.05, 4.69) is 10.6 Å². The summed E-state index contributed by atoms with van der Waals surface area (Å²) >= 11 is 0. The van der Waals surface area contributed by atoms with Crippen LogP contribution in [-0.2, 0) is 0 Å². The number of carbonyl (C=O) groups excluding carboxylic acids is 3. The first kappa shape index (κ1) is 21.1. The number of nitrogens with zero attached hydrogens (tertiary/aromatic N) is 1. The van der Waals surface area contributed by atoms with Crippen molar-refractivity contribution in [3.8, 4) is 11.5 Å². The van der Waals surface area contributed by atoms with Crippen LogP contribution in [0.5, 0.6) is 11.5 Å². The minimum atomic E-state index is -0.461.